The van der Waals surface area contributed by atoms with Gasteiger partial charge in [0.2, 0.25) is 0 Å². The Hall–Kier alpha value is -1.97. The predicted octanol–water partition coefficient (Wildman–Crippen LogP) is 2.51. The minimum atomic E-state index is -4.63. The minimum absolute atomic E-state index is 0.0103. The first kappa shape index (κ1) is 13.5. The Morgan fingerprint density at radius 2 is 1.84 bits per heavy atom. The first-order chi connectivity index (χ1) is 8.84. The summed E-state index contributed by atoms with van der Waals surface area (Å²) in [6.45, 7) is 0. The third kappa shape index (κ3) is 2.43. The SMILES string of the molecule is Nc1cnc(C(F)(F)F)cc1-c1c(N)cnn1SF. The van der Waals surface area contributed by atoms with Crippen LogP contribution in [0.5, 0.6) is 0 Å². The van der Waals surface area contributed by atoms with E-state index in [0.717, 1.165) is 16.5 Å². The first-order valence-electron chi connectivity index (χ1n) is 4.80. The van der Waals surface area contributed by atoms with E-state index in [-0.39, 0.29) is 35.0 Å². The maximum atomic E-state index is 12.6. The van der Waals surface area contributed by atoms with Gasteiger partial charge in [-0.05, 0) is 6.07 Å². The largest absolute Gasteiger partial charge is 0.433 e. The van der Waals surface area contributed by atoms with E-state index in [9.17, 15) is 17.1 Å². The highest BCUT2D eigenvalue weighted by Gasteiger charge is 2.33. The lowest BCUT2D eigenvalue weighted by Crippen LogP contribution is -2.09. The van der Waals surface area contributed by atoms with Crippen LogP contribution in [0.1, 0.15) is 5.69 Å². The van der Waals surface area contributed by atoms with E-state index in [1.807, 2.05) is 0 Å². The molecule has 10 heteroatoms. The van der Waals surface area contributed by atoms with E-state index < -0.39 is 11.9 Å². The van der Waals surface area contributed by atoms with Crippen molar-refractivity contribution < 1.29 is 17.1 Å². The maximum absolute atomic E-state index is 12.6. The van der Waals surface area contributed by atoms with Crippen LogP contribution >= 0.6 is 12.3 Å². The monoisotopic (exact) mass is 293 g/mol. The van der Waals surface area contributed by atoms with Crippen molar-refractivity contribution in [1.29, 1.82) is 0 Å². The molecule has 4 N–H and O–H groups in total. The van der Waals surface area contributed by atoms with Gasteiger partial charge >= 0.3 is 6.18 Å². The van der Waals surface area contributed by atoms with Crippen molar-refractivity contribution in [2.45, 2.75) is 6.18 Å². The number of hydrogen-bond acceptors (Lipinski definition) is 5. The van der Waals surface area contributed by atoms with Crippen molar-refractivity contribution in [2.75, 3.05) is 11.5 Å². The number of nitrogen functional groups attached to an aromatic ring is 2. The Balaban J connectivity index is 2.64. The molecule has 0 atom stereocenters. The lowest BCUT2D eigenvalue weighted by Gasteiger charge is -2.11. The van der Waals surface area contributed by atoms with Gasteiger partial charge in [-0.15, -0.1) is 3.89 Å². The fourth-order valence-corrected chi connectivity index (χ4v) is 1.84. The van der Waals surface area contributed by atoms with Gasteiger partial charge in [0.05, 0.1) is 23.8 Å². The van der Waals surface area contributed by atoms with Gasteiger partial charge in [0.15, 0.2) is 12.3 Å². The zero-order chi connectivity index (χ0) is 14.2. The average molecular weight is 293 g/mol. The van der Waals surface area contributed by atoms with Crippen LogP contribution in [-0.4, -0.2) is 14.2 Å². The average Bonchev–Trinajstić information content (AvgIpc) is 2.69. The van der Waals surface area contributed by atoms with Gasteiger partial charge in [0, 0.05) is 5.56 Å². The molecule has 0 aliphatic heterocycles. The van der Waals surface area contributed by atoms with Crippen LogP contribution in [0, 0.1) is 0 Å². The summed E-state index contributed by atoms with van der Waals surface area (Å²) in [5, 5.41) is 3.57. The molecular weight excluding hydrogens is 286 g/mol. The van der Waals surface area contributed by atoms with Gasteiger partial charge in [-0.2, -0.15) is 22.4 Å². The molecule has 19 heavy (non-hydrogen) atoms. The van der Waals surface area contributed by atoms with Crippen molar-refractivity contribution in [3.63, 3.8) is 0 Å². The number of alkyl halides is 3. The van der Waals surface area contributed by atoms with Crippen LogP contribution < -0.4 is 11.5 Å². The number of halogens is 4. The number of hydrogen-bond donors (Lipinski definition) is 2. The standard InChI is InChI=1S/C9H7F4N5S/c10-9(11,12)7-1-4(5(14)2-16-7)8-6(15)3-17-18(8)19-13/h1-3H,14-15H2. The molecule has 0 amide bonds. The molecule has 2 rings (SSSR count). The molecule has 0 radical (unpaired) electrons. The van der Waals surface area contributed by atoms with Gasteiger partial charge in [0.25, 0.3) is 0 Å². The second-order valence-corrected chi connectivity index (χ2v) is 4.03. The zero-order valence-corrected chi connectivity index (χ0v) is 9.96. The van der Waals surface area contributed by atoms with Gasteiger partial charge in [-0.25, -0.2) is 4.98 Å². The van der Waals surface area contributed by atoms with Crippen molar-refractivity contribution in [3.8, 4) is 11.3 Å². The summed E-state index contributed by atoms with van der Waals surface area (Å²) in [5.74, 6) is 0. The van der Waals surface area contributed by atoms with Gasteiger partial charge in [-0.3, -0.25) is 0 Å². The Labute approximate surface area is 109 Å². The van der Waals surface area contributed by atoms with Crippen molar-refractivity contribution >= 4 is 23.7 Å². The summed E-state index contributed by atoms with van der Waals surface area (Å²) in [7, 11) is 0. The summed E-state index contributed by atoms with van der Waals surface area (Å²) in [4.78, 5) is 3.18. The number of anilines is 2. The van der Waals surface area contributed by atoms with Crippen LogP contribution in [-0.2, 0) is 6.18 Å². The molecule has 2 aromatic heterocycles. The van der Waals surface area contributed by atoms with E-state index in [1.54, 1.807) is 0 Å². The van der Waals surface area contributed by atoms with Crippen LogP contribution in [0.4, 0.5) is 28.4 Å². The Morgan fingerprint density at radius 3 is 2.42 bits per heavy atom. The van der Waals surface area contributed by atoms with Crippen LogP contribution in [0.15, 0.2) is 18.5 Å². The molecule has 0 aliphatic carbocycles. The van der Waals surface area contributed by atoms with E-state index in [1.165, 1.54) is 0 Å². The molecule has 0 fully saturated rings. The lowest BCUT2D eigenvalue weighted by atomic mass is 10.1. The van der Waals surface area contributed by atoms with Crippen molar-refractivity contribution in [2.24, 2.45) is 0 Å². The Kier molecular flexibility index (Phi) is 3.27. The molecule has 0 unspecified atom stereocenters. The second kappa shape index (κ2) is 4.61. The molecule has 5 nitrogen and oxygen atoms in total. The van der Waals surface area contributed by atoms with E-state index in [0.29, 0.717) is 6.07 Å². The maximum Gasteiger partial charge on any atom is 0.433 e. The number of rotatable bonds is 2. The summed E-state index contributed by atoms with van der Waals surface area (Å²) in [6, 6.07) is 0.704. The van der Waals surface area contributed by atoms with Crippen LogP contribution in [0.3, 0.4) is 0 Å². The quantitative estimate of drug-likeness (QED) is 0.831. The topological polar surface area (TPSA) is 82.8 Å². The van der Waals surface area contributed by atoms with Gasteiger partial charge in [-0.1, -0.05) is 0 Å². The summed E-state index contributed by atoms with van der Waals surface area (Å²) >= 11 is -0.299. The predicted molar refractivity (Wildman–Crippen MR) is 63.4 cm³/mol. The summed E-state index contributed by atoms with van der Waals surface area (Å²) in [5.41, 5.74) is 9.79. The molecule has 102 valence electrons. The molecule has 0 spiro atoms. The molecule has 0 aromatic carbocycles. The zero-order valence-electron chi connectivity index (χ0n) is 9.15. The highest BCUT2D eigenvalue weighted by atomic mass is 32.2. The van der Waals surface area contributed by atoms with Crippen molar-refractivity contribution in [3.05, 3.63) is 24.2 Å². The molecule has 0 bridgehead atoms. The fourth-order valence-electron chi connectivity index (χ4n) is 1.48. The summed E-state index contributed by atoms with van der Waals surface area (Å²) < 4.78 is 51.1. The smallest absolute Gasteiger partial charge is 0.397 e. The molecule has 0 aliphatic rings. The van der Waals surface area contributed by atoms with Gasteiger partial charge in [0.1, 0.15) is 11.4 Å². The Morgan fingerprint density at radius 1 is 1.16 bits per heavy atom. The normalized spacial score (nSPS) is 11.8. The van der Waals surface area contributed by atoms with E-state index in [2.05, 4.69) is 10.1 Å². The van der Waals surface area contributed by atoms with E-state index in [4.69, 9.17) is 11.5 Å². The number of pyridine rings is 1. The van der Waals surface area contributed by atoms with Gasteiger partial charge < -0.3 is 11.5 Å². The molecular formula is C9H7F4N5S. The van der Waals surface area contributed by atoms with Crippen LogP contribution in [0.25, 0.3) is 11.3 Å². The minimum Gasteiger partial charge on any atom is -0.397 e. The third-order valence-electron chi connectivity index (χ3n) is 2.31. The third-order valence-corrected chi connectivity index (χ3v) is 2.72. The molecule has 2 heterocycles. The number of nitrogens with zero attached hydrogens (tertiary/aromatic N) is 3. The van der Waals surface area contributed by atoms with Crippen LogP contribution in [0.2, 0.25) is 0 Å². The first-order valence-corrected chi connectivity index (χ1v) is 5.47. The summed E-state index contributed by atoms with van der Waals surface area (Å²) in [6.07, 6.45) is -2.67. The van der Waals surface area contributed by atoms with Crippen molar-refractivity contribution in [1.82, 2.24) is 14.2 Å². The molecule has 0 saturated heterocycles. The fraction of sp³-hybridized carbons (Fsp3) is 0.111. The highest BCUT2D eigenvalue weighted by Crippen LogP contribution is 2.36. The molecule has 2 aromatic rings. The Bertz CT molecular complexity index is 609. The lowest BCUT2D eigenvalue weighted by molar-refractivity contribution is -0.141. The second-order valence-electron chi connectivity index (χ2n) is 3.55. The van der Waals surface area contributed by atoms with E-state index >= 15 is 0 Å². The molecule has 0 saturated carbocycles. The highest BCUT2D eigenvalue weighted by molar-refractivity contribution is 7.92. The number of aromatic nitrogens is 3. The number of nitrogens with two attached hydrogens (primary N) is 2.